The first-order chi connectivity index (χ1) is 20.9. The van der Waals surface area contributed by atoms with Gasteiger partial charge >= 0.3 is 0 Å². The summed E-state index contributed by atoms with van der Waals surface area (Å²) in [5.41, 5.74) is 14.0. The Hall–Kier alpha value is -4.66. The molecule has 0 amide bonds. The largest absolute Gasteiger partial charge is 0.310 e. The van der Waals surface area contributed by atoms with E-state index in [1.54, 1.807) is 0 Å². The van der Waals surface area contributed by atoms with E-state index in [0.717, 1.165) is 5.69 Å². The quantitative estimate of drug-likeness (QED) is 0.203. The molecule has 7 aromatic rings. The highest BCUT2D eigenvalue weighted by molar-refractivity contribution is 7.26. The van der Waals surface area contributed by atoms with Gasteiger partial charge in [-0.05, 0) is 101 Å². The Balaban J connectivity index is 1.26. The van der Waals surface area contributed by atoms with Crippen molar-refractivity contribution in [1.29, 1.82) is 0 Å². The molecule has 1 aromatic heterocycles. The molecule has 0 bridgehead atoms. The molecule has 0 radical (unpaired) electrons. The van der Waals surface area contributed by atoms with Crippen LogP contribution >= 0.6 is 11.3 Å². The standard InChI is InChI=1S/C41H33NS/c1-26-22-27(2)24-31(23-26)42(30-20-21-34-33-10-5-7-14-37(33)41(3,4)38(34)25-30)29-18-16-28(17-19-29)32-12-9-13-36-35-11-6-8-15-39(35)43-40(32)36/h5-25H,1-4H3. The number of hydrogen-bond donors (Lipinski definition) is 0. The Morgan fingerprint density at radius 1 is 0.512 bits per heavy atom. The number of rotatable bonds is 4. The fraction of sp³-hybridized carbons (Fsp3) is 0.122. The lowest BCUT2D eigenvalue weighted by atomic mass is 9.82. The number of fused-ring (bicyclic) bond motifs is 6. The van der Waals surface area contributed by atoms with Crippen LogP contribution in [0.3, 0.4) is 0 Å². The van der Waals surface area contributed by atoms with Crippen LogP contribution in [0.1, 0.15) is 36.1 Å². The summed E-state index contributed by atoms with van der Waals surface area (Å²) in [5.74, 6) is 0. The molecule has 43 heavy (non-hydrogen) atoms. The molecule has 0 unspecified atom stereocenters. The molecule has 1 heterocycles. The van der Waals surface area contributed by atoms with Crippen LogP contribution in [0.25, 0.3) is 42.4 Å². The van der Waals surface area contributed by atoms with Gasteiger partial charge < -0.3 is 4.90 Å². The third-order valence-corrected chi connectivity index (χ3v) is 10.4. The molecule has 0 fully saturated rings. The third kappa shape index (κ3) is 4.12. The zero-order valence-electron chi connectivity index (χ0n) is 25.0. The maximum Gasteiger partial charge on any atom is 0.0466 e. The molecule has 8 rings (SSSR count). The minimum Gasteiger partial charge on any atom is -0.310 e. The lowest BCUT2D eigenvalue weighted by Gasteiger charge is -2.29. The molecule has 208 valence electrons. The monoisotopic (exact) mass is 571 g/mol. The van der Waals surface area contributed by atoms with Gasteiger partial charge in [-0.25, -0.2) is 0 Å². The topological polar surface area (TPSA) is 3.24 Å². The highest BCUT2D eigenvalue weighted by Gasteiger charge is 2.35. The summed E-state index contributed by atoms with van der Waals surface area (Å²) in [5, 5.41) is 2.67. The van der Waals surface area contributed by atoms with Gasteiger partial charge in [-0.1, -0.05) is 98.8 Å². The van der Waals surface area contributed by atoms with Gasteiger partial charge in [0.25, 0.3) is 0 Å². The molecule has 0 aliphatic heterocycles. The Bertz CT molecular complexity index is 2160. The van der Waals surface area contributed by atoms with Crippen LogP contribution in [0.4, 0.5) is 17.1 Å². The number of benzene rings is 6. The van der Waals surface area contributed by atoms with Gasteiger partial charge in [-0.15, -0.1) is 11.3 Å². The van der Waals surface area contributed by atoms with E-state index in [1.165, 1.54) is 76.1 Å². The van der Waals surface area contributed by atoms with Crippen molar-refractivity contribution >= 4 is 48.6 Å². The van der Waals surface area contributed by atoms with E-state index in [4.69, 9.17) is 0 Å². The average molecular weight is 572 g/mol. The zero-order valence-corrected chi connectivity index (χ0v) is 25.8. The van der Waals surface area contributed by atoms with E-state index in [2.05, 4.69) is 160 Å². The third-order valence-electron chi connectivity index (χ3n) is 9.13. The van der Waals surface area contributed by atoms with Crippen molar-refractivity contribution in [2.45, 2.75) is 33.1 Å². The summed E-state index contributed by atoms with van der Waals surface area (Å²) in [6, 6.07) is 47.3. The minimum atomic E-state index is -0.0527. The Labute approximate surface area is 257 Å². The van der Waals surface area contributed by atoms with Gasteiger partial charge in [0.2, 0.25) is 0 Å². The van der Waals surface area contributed by atoms with Crippen LogP contribution in [-0.4, -0.2) is 0 Å². The summed E-state index contributed by atoms with van der Waals surface area (Å²) < 4.78 is 2.69. The zero-order chi connectivity index (χ0) is 29.3. The van der Waals surface area contributed by atoms with Gasteiger partial charge in [0.05, 0.1) is 0 Å². The van der Waals surface area contributed by atoms with Crippen molar-refractivity contribution in [1.82, 2.24) is 0 Å². The van der Waals surface area contributed by atoms with Crippen LogP contribution in [-0.2, 0) is 5.41 Å². The second-order valence-corrected chi connectivity index (χ2v) is 13.5. The molecule has 0 atom stereocenters. The van der Waals surface area contributed by atoms with E-state index in [1.807, 2.05) is 11.3 Å². The summed E-state index contributed by atoms with van der Waals surface area (Å²) in [4.78, 5) is 2.42. The molecule has 2 heteroatoms. The molecule has 6 aromatic carbocycles. The fourth-order valence-corrected chi connectivity index (χ4v) is 8.36. The maximum absolute atomic E-state index is 2.42. The smallest absolute Gasteiger partial charge is 0.0466 e. The molecule has 1 nitrogen and oxygen atoms in total. The van der Waals surface area contributed by atoms with Gasteiger partial charge in [0, 0.05) is 42.6 Å². The summed E-state index contributed by atoms with van der Waals surface area (Å²) in [6.45, 7) is 9.08. The van der Waals surface area contributed by atoms with Gasteiger partial charge in [0.1, 0.15) is 0 Å². The molecule has 1 aliphatic rings. The van der Waals surface area contributed by atoms with Crippen molar-refractivity contribution in [3.05, 3.63) is 150 Å². The fourth-order valence-electron chi connectivity index (χ4n) is 7.12. The van der Waals surface area contributed by atoms with Crippen LogP contribution in [0.15, 0.2) is 127 Å². The van der Waals surface area contributed by atoms with Crippen LogP contribution in [0.5, 0.6) is 0 Å². The number of thiophene rings is 1. The average Bonchev–Trinajstić information content (AvgIpc) is 3.50. The van der Waals surface area contributed by atoms with E-state index in [0.29, 0.717) is 0 Å². The highest BCUT2D eigenvalue weighted by Crippen LogP contribution is 2.50. The SMILES string of the molecule is Cc1cc(C)cc(N(c2ccc(-c3cccc4c3sc3ccccc34)cc2)c2ccc3c(c2)C(C)(C)c2ccccc2-3)c1. The first-order valence-electron chi connectivity index (χ1n) is 15.0. The predicted octanol–water partition coefficient (Wildman–Crippen LogP) is 12.1. The molecule has 0 saturated carbocycles. The van der Waals surface area contributed by atoms with Gasteiger partial charge in [-0.3, -0.25) is 0 Å². The summed E-state index contributed by atoms with van der Waals surface area (Å²) >= 11 is 1.89. The van der Waals surface area contributed by atoms with E-state index < -0.39 is 0 Å². The maximum atomic E-state index is 2.42. The molecular formula is C41H33NS. The van der Waals surface area contributed by atoms with Crippen molar-refractivity contribution in [3.63, 3.8) is 0 Å². The van der Waals surface area contributed by atoms with E-state index in [9.17, 15) is 0 Å². The lowest BCUT2D eigenvalue weighted by molar-refractivity contribution is 0.660. The number of anilines is 3. The summed E-state index contributed by atoms with van der Waals surface area (Å²) in [7, 11) is 0. The van der Waals surface area contributed by atoms with E-state index in [-0.39, 0.29) is 5.41 Å². The Kier molecular flexibility index (Phi) is 5.86. The van der Waals surface area contributed by atoms with Gasteiger partial charge in [0.15, 0.2) is 0 Å². The second kappa shape index (κ2) is 9.69. The Morgan fingerprint density at radius 3 is 1.98 bits per heavy atom. The van der Waals surface area contributed by atoms with E-state index >= 15 is 0 Å². The Morgan fingerprint density at radius 2 is 1.16 bits per heavy atom. The van der Waals surface area contributed by atoms with Crippen molar-refractivity contribution in [2.24, 2.45) is 0 Å². The molecule has 0 saturated heterocycles. The molecule has 1 aliphatic carbocycles. The minimum absolute atomic E-state index is 0.0527. The van der Waals surface area contributed by atoms with Crippen LogP contribution in [0.2, 0.25) is 0 Å². The first kappa shape index (κ1) is 26.0. The van der Waals surface area contributed by atoms with Gasteiger partial charge in [-0.2, -0.15) is 0 Å². The lowest BCUT2D eigenvalue weighted by Crippen LogP contribution is -2.16. The van der Waals surface area contributed by atoms with Crippen molar-refractivity contribution in [3.8, 4) is 22.3 Å². The molecule has 0 spiro atoms. The van der Waals surface area contributed by atoms with Crippen LogP contribution < -0.4 is 4.90 Å². The highest BCUT2D eigenvalue weighted by atomic mass is 32.1. The predicted molar refractivity (Wildman–Crippen MR) is 186 cm³/mol. The number of aryl methyl sites for hydroxylation is 2. The molecular weight excluding hydrogens is 539 g/mol. The number of nitrogens with zero attached hydrogens (tertiary/aromatic N) is 1. The second-order valence-electron chi connectivity index (χ2n) is 12.4. The van der Waals surface area contributed by atoms with Crippen molar-refractivity contribution < 1.29 is 0 Å². The summed E-state index contributed by atoms with van der Waals surface area (Å²) in [6.07, 6.45) is 0. The normalized spacial score (nSPS) is 13.3. The van der Waals surface area contributed by atoms with Crippen molar-refractivity contribution in [2.75, 3.05) is 4.90 Å². The first-order valence-corrected chi connectivity index (χ1v) is 15.8. The molecule has 0 N–H and O–H groups in total. The van der Waals surface area contributed by atoms with Crippen LogP contribution in [0, 0.1) is 13.8 Å². The number of hydrogen-bond acceptors (Lipinski definition) is 2.